The SMILES string of the molecule is Nc1c2c(c(S(=O)(=O)O)c3ccccc13)N=NN=Nc1c(c(N)c3ccccc3c1S(=O)(=O)O)-c1ccc(cc1)-c1ccc-2cc1. The lowest BCUT2D eigenvalue weighted by atomic mass is 9.93. The van der Waals surface area contributed by atoms with E-state index in [1.165, 1.54) is 12.1 Å². The Bertz CT molecular complexity index is 2350. The molecule has 0 spiro atoms. The lowest BCUT2D eigenvalue weighted by Crippen LogP contribution is -2.04. The molecule has 0 atom stereocenters. The van der Waals surface area contributed by atoms with Crippen LogP contribution in [0, 0.1) is 0 Å². The van der Waals surface area contributed by atoms with Crippen molar-refractivity contribution in [1.29, 1.82) is 0 Å². The lowest BCUT2D eigenvalue weighted by Gasteiger charge is -2.17. The molecule has 4 bridgehead atoms. The molecule has 0 unspecified atom stereocenters. The number of anilines is 2. The number of rotatable bonds is 2. The van der Waals surface area contributed by atoms with Crippen molar-refractivity contribution >= 4 is 64.5 Å². The van der Waals surface area contributed by atoms with E-state index in [1.807, 2.05) is 24.3 Å². The van der Waals surface area contributed by atoms with Gasteiger partial charge in [-0.1, -0.05) is 97.1 Å². The highest BCUT2D eigenvalue weighted by molar-refractivity contribution is 7.86. The van der Waals surface area contributed by atoms with Gasteiger partial charge in [0.1, 0.15) is 21.2 Å². The standard InChI is InChI=1S/C32H22N6O6S2/c33-27-21-5-1-3-7-23(21)31(45(39,40)41)29-25(27)19-13-9-17(10-14-19)18-11-15-20(16-12-18)26-28(34)22-6-2-4-8-24(22)32(46(42,43)44)30(26)36-38-37-35-29/h1-16H,33-34H2,(H,39,40,41)(H,42,43,44). The van der Waals surface area contributed by atoms with Gasteiger partial charge in [-0.3, -0.25) is 9.11 Å². The van der Waals surface area contributed by atoms with E-state index < -0.39 is 30.0 Å². The van der Waals surface area contributed by atoms with Crippen molar-refractivity contribution < 1.29 is 25.9 Å². The highest BCUT2D eigenvalue weighted by Gasteiger charge is 2.29. The third kappa shape index (κ3) is 4.67. The molecule has 3 aliphatic heterocycles. The van der Waals surface area contributed by atoms with Gasteiger partial charge in [-0.05, 0) is 32.7 Å². The first-order chi connectivity index (χ1) is 21.9. The fourth-order valence-corrected chi connectivity index (χ4v) is 7.61. The molecule has 9 rings (SSSR count). The molecule has 0 radical (unpaired) electrons. The number of hydrogen-bond acceptors (Lipinski definition) is 10. The van der Waals surface area contributed by atoms with Crippen LogP contribution in [0.25, 0.3) is 54.9 Å². The Kier molecular flexibility index (Phi) is 6.68. The first kappa shape index (κ1) is 29.2. The van der Waals surface area contributed by atoms with Crippen LogP contribution < -0.4 is 11.5 Å². The lowest BCUT2D eigenvalue weighted by molar-refractivity contribution is 0.482. The van der Waals surface area contributed by atoms with Crippen LogP contribution in [0.1, 0.15) is 0 Å². The number of nitrogens with zero attached hydrogens (tertiary/aromatic N) is 4. The van der Waals surface area contributed by atoms with Crippen LogP contribution in [0.5, 0.6) is 0 Å². The van der Waals surface area contributed by atoms with Crippen molar-refractivity contribution in [1.82, 2.24) is 0 Å². The summed E-state index contributed by atoms with van der Waals surface area (Å²) in [7, 11) is -9.82. The number of nitrogens with two attached hydrogens (primary N) is 2. The van der Waals surface area contributed by atoms with E-state index >= 15 is 0 Å². The first-order valence-electron chi connectivity index (χ1n) is 13.6. The van der Waals surface area contributed by atoms with Gasteiger partial charge in [-0.2, -0.15) is 16.8 Å². The summed E-state index contributed by atoms with van der Waals surface area (Å²) in [6.45, 7) is 0. The predicted molar refractivity (Wildman–Crippen MR) is 175 cm³/mol. The van der Waals surface area contributed by atoms with Crippen molar-refractivity contribution in [2.75, 3.05) is 11.5 Å². The van der Waals surface area contributed by atoms with Gasteiger partial charge in [0.2, 0.25) is 0 Å². The molecule has 0 aliphatic carbocycles. The molecule has 14 heteroatoms. The molecule has 0 saturated carbocycles. The zero-order valence-corrected chi connectivity index (χ0v) is 25.2. The van der Waals surface area contributed by atoms with Gasteiger partial charge in [0.15, 0.2) is 0 Å². The van der Waals surface area contributed by atoms with Gasteiger partial charge < -0.3 is 11.5 Å². The Morgan fingerprint density at radius 3 is 1.09 bits per heavy atom. The quantitative estimate of drug-likeness (QED) is 0.107. The highest BCUT2D eigenvalue weighted by atomic mass is 32.2. The van der Waals surface area contributed by atoms with Gasteiger partial charge in [0.05, 0.1) is 0 Å². The normalized spacial score (nSPS) is 12.9. The molecular weight excluding hydrogens is 629 g/mol. The van der Waals surface area contributed by atoms with Crippen molar-refractivity contribution in [3.05, 3.63) is 97.1 Å². The molecule has 3 aliphatic rings. The van der Waals surface area contributed by atoms with Gasteiger partial charge in [0, 0.05) is 44.0 Å². The maximum absolute atomic E-state index is 12.8. The second kappa shape index (κ2) is 10.5. The largest absolute Gasteiger partial charge is 0.398 e. The molecule has 0 fully saturated rings. The van der Waals surface area contributed by atoms with Crippen LogP contribution in [0.15, 0.2) is 128 Å². The van der Waals surface area contributed by atoms with Crippen LogP contribution in [-0.4, -0.2) is 25.9 Å². The summed E-state index contributed by atoms with van der Waals surface area (Å²) >= 11 is 0. The zero-order valence-electron chi connectivity index (χ0n) is 23.5. The monoisotopic (exact) mass is 650 g/mol. The Hall–Kier alpha value is -5.54. The van der Waals surface area contributed by atoms with E-state index in [1.54, 1.807) is 60.7 Å². The highest BCUT2D eigenvalue weighted by Crippen LogP contribution is 2.49. The minimum atomic E-state index is -4.91. The zero-order chi connectivity index (χ0) is 32.4. The third-order valence-electron chi connectivity index (χ3n) is 7.89. The van der Waals surface area contributed by atoms with Gasteiger partial charge >= 0.3 is 0 Å². The minimum absolute atomic E-state index is 0.0981. The number of fused-ring (bicyclic) bond motifs is 4. The Balaban J connectivity index is 1.62. The van der Waals surface area contributed by atoms with E-state index in [0.29, 0.717) is 21.9 Å². The summed E-state index contributed by atoms with van der Waals surface area (Å²) in [5, 5.41) is 16.6. The van der Waals surface area contributed by atoms with Gasteiger partial charge in [-0.15, -0.1) is 10.2 Å². The Labute approximate surface area is 262 Å². The van der Waals surface area contributed by atoms with Crippen molar-refractivity contribution in [2.24, 2.45) is 20.7 Å². The topological polar surface area (TPSA) is 210 Å². The van der Waals surface area contributed by atoms with Crippen molar-refractivity contribution in [3.8, 4) is 33.4 Å². The average molecular weight is 651 g/mol. The van der Waals surface area contributed by atoms with Crippen molar-refractivity contribution in [2.45, 2.75) is 9.79 Å². The molecule has 3 heterocycles. The van der Waals surface area contributed by atoms with Crippen LogP contribution >= 0.6 is 0 Å². The summed E-state index contributed by atoms with van der Waals surface area (Å²) in [5.74, 6) is 0. The average Bonchev–Trinajstić information content (AvgIpc) is 3.02. The smallest absolute Gasteiger partial charge is 0.297 e. The summed E-state index contributed by atoms with van der Waals surface area (Å²) in [5.41, 5.74) is 15.8. The van der Waals surface area contributed by atoms with Crippen LogP contribution in [0.4, 0.5) is 22.7 Å². The minimum Gasteiger partial charge on any atom is -0.398 e. The Morgan fingerprint density at radius 2 is 0.761 bits per heavy atom. The fourth-order valence-electron chi connectivity index (χ4n) is 5.92. The molecule has 0 aromatic heterocycles. The fraction of sp³-hybridized carbons (Fsp3) is 0. The molecule has 6 aromatic rings. The molecule has 0 amide bonds. The second-order valence-corrected chi connectivity index (χ2v) is 13.2. The summed E-state index contributed by atoms with van der Waals surface area (Å²) in [6, 6.07) is 26.9. The predicted octanol–water partition coefficient (Wildman–Crippen LogP) is 7.75. The number of benzene rings is 6. The number of hydrogen-bond donors (Lipinski definition) is 4. The van der Waals surface area contributed by atoms with E-state index in [4.69, 9.17) is 11.5 Å². The summed E-state index contributed by atoms with van der Waals surface area (Å²) < 4.78 is 72.2. The molecule has 46 heavy (non-hydrogen) atoms. The van der Waals surface area contributed by atoms with Crippen LogP contribution in [-0.2, 0) is 20.2 Å². The van der Waals surface area contributed by atoms with Crippen LogP contribution in [0.3, 0.4) is 0 Å². The van der Waals surface area contributed by atoms with Gasteiger partial charge in [0.25, 0.3) is 20.2 Å². The van der Waals surface area contributed by atoms with Crippen LogP contribution in [0.2, 0.25) is 0 Å². The molecular formula is C32H22N6O6S2. The van der Waals surface area contributed by atoms with Crippen molar-refractivity contribution in [3.63, 3.8) is 0 Å². The third-order valence-corrected chi connectivity index (χ3v) is 9.75. The molecule has 6 aromatic carbocycles. The Morgan fingerprint density at radius 1 is 0.457 bits per heavy atom. The van der Waals surface area contributed by atoms with E-state index in [9.17, 15) is 25.9 Å². The summed E-state index contributed by atoms with van der Waals surface area (Å²) in [6.07, 6.45) is 0. The second-order valence-electron chi connectivity index (χ2n) is 10.5. The summed E-state index contributed by atoms with van der Waals surface area (Å²) in [4.78, 5) is -1.11. The van der Waals surface area contributed by atoms with Gasteiger partial charge in [-0.25, -0.2) is 0 Å². The molecule has 0 saturated heterocycles. The molecule has 12 nitrogen and oxygen atoms in total. The maximum atomic E-state index is 12.8. The maximum Gasteiger partial charge on any atom is 0.297 e. The van der Waals surface area contributed by atoms with E-state index in [-0.39, 0.29) is 44.6 Å². The molecule has 228 valence electrons. The molecule has 6 N–H and O–H groups in total. The van der Waals surface area contributed by atoms with E-state index in [0.717, 1.165) is 11.1 Å². The first-order valence-corrected chi connectivity index (χ1v) is 16.5. The number of nitrogen functional groups attached to an aromatic ring is 2. The van der Waals surface area contributed by atoms with E-state index in [2.05, 4.69) is 20.7 Å².